The first-order chi connectivity index (χ1) is 10.6. The number of benzene rings is 3. The number of hydrogen-bond donors (Lipinski definition) is 2. The normalized spacial score (nSPS) is 12.7. The van der Waals surface area contributed by atoms with Crippen molar-refractivity contribution in [2.24, 2.45) is 0 Å². The number of methoxy groups -OCH3 is 2. The molecule has 1 amide bonds. The summed E-state index contributed by atoms with van der Waals surface area (Å²) in [6.07, 6.45) is 0. The number of amides is 1. The van der Waals surface area contributed by atoms with E-state index in [1.807, 2.05) is 24.3 Å². The molecule has 3 aromatic carbocycles. The van der Waals surface area contributed by atoms with Crippen molar-refractivity contribution in [2.75, 3.05) is 19.5 Å². The van der Waals surface area contributed by atoms with Crippen molar-refractivity contribution in [1.29, 1.82) is 0 Å². The molecule has 1 heterocycles. The lowest BCUT2D eigenvalue weighted by molar-refractivity contribution is 0.103. The fourth-order valence-electron chi connectivity index (χ4n) is 3.09. The van der Waals surface area contributed by atoms with Gasteiger partial charge < -0.3 is 19.9 Å². The van der Waals surface area contributed by atoms with Gasteiger partial charge >= 0.3 is 0 Å². The van der Waals surface area contributed by atoms with E-state index < -0.39 is 0 Å². The van der Waals surface area contributed by atoms with E-state index in [0.717, 1.165) is 21.8 Å². The van der Waals surface area contributed by atoms with Crippen LogP contribution in [0.3, 0.4) is 0 Å². The number of ether oxygens (including phenoxy) is 2. The smallest absolute Gasteiger partial charge is 0.256 e. The van der Waals surface area contributed by atoms with E-state index in [2.05, 4.69) is 5.32 Å². The van der Waals surface area contributed by atoms with E-state index in [-0.39, 0.29) is 11.7 Å². The maximum absolute atomic E-state index is 12.1. The molecule has 110 valence electrons. The lowest BCUT2D eigenvalue weighted by atomic mass is 9.97. The molecule has 3 aromatic rings. The topological polar surface area (TPSA) is 67.8 Å². The average Bonchev–Trinajstić information content (AvgIpc) is 2.83. The van der Waals surface area contributed by atoms with Gasteiger partial charge in [0.1, 0.15) is 5.75 Å². The molecule has 0 saturated carbocycles. The van der Waals surface area contributed by atoms with Crippen LogP contribution >= 0.6 is 0 Å². The summed E-state index contributed by atoms with van der Waals surface area (Å²) in [7, 11) is 3.10. The number of phenols is 1. The van der Waals surface area contributed by atoms with Crippen molar-refractivity contribution in [1.82, 2.24) is 0 Å². The number of rotatable bonds is 2. The van der Waals surface area contributed by atoms with Gasteiger partial charge in [0, 0.05) is 10.8 Å². The Morgan fingerprint density at radius 3 is 2.59 bits per heavy atom. The van der Waals surface area contributed by atoms with E-state index in [1.54, 1.807) is 7.11 Å². The Morgan fingerprint density at radius 1 is 1.05 bits per heavy atom. The highest BCUT2D eigenvalue weighted by Gasteiger charge is 2.27. The molecular weight excluding hydrogens is 282 g/mol. The highest BCUT2D eigenvalue weighted by Crippen LogP contribution is 2.47. The minimum atomic E-state index is -0.222. The summed E-state index contributed by atoms with van der Waals surface area (Å²) in [6, 6.07) is 9.01. The molecular formula is C17H13NO4. The van der Waals surface area contributed by atoms with Gasteiger partial charge in [-0.25, -0.2) is 0 Å². The van der Waals surface area contributed by atoms with Crippen molar-refractivity contribution in [3.8, 4) is 17.2 Å². The van der Waals surface area contributed by atoms with Crippen LogP contribution in [0.25, 0.3) is 21.5 Å². The highest BCUT2D eigenvalue weighted by atomic mass is 16.5. The molecule has 5 heteroatoms. The minimum Gasteiger partial charge on any atom is -0.504 e. The van der Waals surface area contributed by atoms with Crippen molar-refractivity contribution in [2.45, 2.75) is 0 Å². The fraction of sp³-hybridized carbons (Fsp3) is 0.118. The number of nitrogens with one attached hydrogen (secondary N) is 1. The first-order valence-corrected chi connectivity index (χ1v) is 6.80. The zero-order chi connectivity index (χ0) is 15.4. The molecule has 0 fully saturated rings. The SMILES string of the molecule is COc1ccc2cc3c4c(cc(O)c(OC)c4c2c1)C(=O)N3. The molecule has 0 saturated heterocycles. The molecule has 0 bridgehead atoms. The lowest BCUT2D eigenvalue weighted by Crippen LogP contribution is -2.03. The van der Waals surface area contributed by atoms with Crippen LogP contribution in [0.2, 0.25) is 0 Å². The maximum Gasteiger partial charge on any atom is 0.256 e. The van der Waals surface area contributed by atoms with Gasteiger partial charge in [-0.2, -0.15) is 0 Å². The summed E-state index contributed by atoms with van der Waals surface area (Å²) >= 11 is 0. The Hall–Kier alpha value is -2.95. The number of carbonyl (C=O) groups is 1. The quantitative estimate of drug-likeness (QED) is 0.712. The second-order valence-corrected chi connectivity index (χ2v) is 5.19. The van der Waals surface area contributed by atoms with Crippen molar-refractivity contribution >= 4 is 33.1 Å². The Balaban J connectivity index is 2.29. The number of carbonyl (C=O) groups excluding carboxylic acids is 1. The Kier molecular flexibility index (Phi) is 2.48. The van der Waals surface area contributed by atoms with Gasteiger partial charge in [0.2, 0.25) is 0 Å². The van der Waals surface area contributed by atoms with Crippen LogP contribution in [-0.2, 0) is 0 Å². The van der Waals surface area contributed by atoms with Gasteiger partial charge in [0.05, 0.1) is 25.5 Å². The monoisotopic (exact) mass is 295 g/mol. The van der Waals surface area contributed by atoms with Gasteiger partial charge in [-0.1, -0.05) is 6.07 Å². The Labute approximate surface area is 126 Å². The standard InChI is InChI=1S/C17H13NO4/c1-21-9-4-3-8-5-12-14-11(17(20)18-12)7-13(19)16(22-2)15(14)10(8)6-9/h3-7,19H,1-2H3,(H,18,20). The van der Waals surface area contributed by atoms with E-state index >= 15 is 0 Å². The Bertz CT molecular complexity index is 962. The van der Waals surface area contributed by atoms with Crippen molar-refractivity contribution in [3.63, 3.8) is 0 Å². The third-order valence-corrected chi connectivity index (χ3v) is 4.06. The van der Waals surface area contributed by atoms with Crippen LogP contribution in [0.1, 0.15) is 10.4 Å². The largest absolute Gasteiger partial charge is 0.504 e. The minimum absolute atomic E-state index is 0.0525. The summed E-state index contributed by atoms with van der Waals surface area (Å²) in [6.45, 7) is 0. The summed E-state index contributed by atoms with van der Waals surface area (Å²) in [5, 5.41) is 16.3. The van der Waals surface area contributed by atoms with Crippen molar-refractivity contribution in [3.05, 3.63) is 35.9 Å². The molecule has 22 heavy (non-hydrogen) atoms. The second-order valence-electron chi connectivity index (χ2n) is 5.19. The molecule has 4 rings (SSSR count). The van der Waals surface area contributed by atoms with Crippen LogP contribution in [0.5, 0.6) is 17.2 Å². The zero-order valence-electron chi connectivity index (χ0n) is 12.1. The molecule has 0 unspecified atom stereocenters. The average molecular weight is 295 g/mol. The highest BCUT2D eigenvalue weighted by molar-refractivity contribution is 6.30. The summed E-state index contributed by atoms with van der Waals surface area (Å²) in [4.78, 5) is 12.1. The van der Waals surface area contributed by atoms with Crippen LogP contribution in [-0.4, -0.2) is 25.2 Å². The van der Waals surface area contributed by atoms with Gasteiger partial charge in [-0.05, 0) is 35.0 Å². The van der Waals surface area contributed by atoms with E-state index in [0.29, 0.717) is 22.4 Å². The first-order valence-electron chi connectivity index (χ1n) is 6.80. The summed E-state index contributed by atoms with van der Waals surface area (Å²) in [5.74, 6) is 0.783. The first kappa shape index (κ1) is 12.8. The van der Waals surface area contributed by atoms with Gasteiger partial charge in [-0.3, -0.25) is 4.79 Å². The third-order valence-electron chi connectivity index (χ3n) is 4.06. The molecule has 5 nitrogen and oxygen atoms in total. The number of phenolic OH excluding ortho intramolecular Hbond substituents is 1. The second kappa shape index (κ2) is 4.27. The zero-order valence-corrected chi connectivity index (χ0v) is 12.1. The van der Waals surface area contributed by atoms with Crippen LogP contribution in [0, 0.1) is 0 Å². The summed E-state index contributed by atoms with van der Waals surface area (Å²) in [5.41, 5.74) is 1.18. The predicted molar refractivity (Wildman–Crippen MR) is 84.2 cm³/mol. The molecule has 0 aromatic heterocycles. The van der Waals surface area contributed by atoms with Crippen LogP contribution in [0.15, 0.2) is 30.3 Å². The molecule has 0 spiro atoms. The molecule has 0 atom stereocenters. The number of hydrogen-bond acceptors (Lipinski definition) is 4. The van der Waals surface area contributed by atoms with E-state index in [9.17, 15) is 9.90 Å². The maximum atomic E-state index is 12.1. The van der Waals surface area contributed by atoms with Crippen LogP contribution in [0.4, 0.5) is 5.69 Å². The predicted octanol–water partition coefficient (Wildman–Crippen LogP) is 3.28. The van der Waals surface area contributed by atoms with Gasteiger partial charge in [-0.15, -0.1) is 0 Å². The number of aromatic hydroxyl groups is 1. The molecule has 0 aliphatic carbocycles. The molecule has 1 aliphatic rings. The third kappa shape index (κ3) is 1.50. The van der Waals surface area contributed by atoms with E-state index in [1.165, 1.54) is 13.2 Å². The summed E-state index contributed by atoms with van der Waals surface area (Å²) < 4.78 is 10.7. The number of fused-ring (bicyclic) bond motifs is 2. The molecule has 0 radical (unpaired) electrons. The molecule has 1 aliphatic heterocycles. The molecule has 2 N–H and O–H groups in total. The van der Waals surface area contributed by atoms with Crippen LogP contribution < -0.4 is 14.8 Å². The van der Waals surface area contributed by atoms with E-state index in [4.69, 9.17) is 9.47 Å². The number of anilines is 1. The van der Waals surface area contributed by atoms with Gasteiger partial charge in [0.25, 0.3) is 5.91 Å². The van der Waals surface area contributed by atoms with Crippen molar-refractivity contribution < 1.29 is 19.4 Å². The Morgan fingerprint density at radius 2 is 1.86 bits per heavy atom. The fourth-order valence-corrected chi connectivity index (χ4v) is 3.09. The lowest BCUT2D eigenvalue weighted by Gasteiger charge is -2.12. The van der Waals surface area contributed by atoms with Gasteiger partial charge in [0.15, 0.2) is 11.5 Å².